The molecule has 6 nitrogen and oxygen atoms in total. The van der Waals surface area contributed by atoms with Crippen molar-refractivity contribution >= 4 is 28.2 Å². The molecule has 1 saturated heterocycles. The minimum absolute atomic E-state index is 0. The first kappa shape index (κ1) is 21.7. The first-order valence-corrected chi connectivity index (χ1v) is 10.3. The Labute approximate surface area is 156 Å². The molecule has 1 atom stereocenters. The number of sulfone groups is 1. The molecule has 1 aliphatic heterocycles. The van der Waals surface area contributed by atoms with Crippen molar-refractivity contribution in [2.45, 2.75) is 43.0 Å². The number of rotatable bonds is 9. The van der Waals surface area contributed by atoms with Crippen molar-refractivity contribution in [3.8, 4) is 5.75 Å². The minimum atomic E-state index is -3.17. The summed E-state index contributed by atoms with van der Waals surface area (Å²) in [5.41, 5.74) is 0. The van der Waals surface area contributed by atoms with Gasteiger partial charge in [-0.15, -0.1) is 12.4 Å². The largest absolute Gasteiger partial charge is 0.494 e. The Balaban J connectivity index is 0.00000312. The smallest absolute Gasteiger partial charge is 0.220 e. The summed E-state index contributed by atoms with van der Waals surface area (Å²) in [7, 11) is -3.17. The molecule has 0 spiro atoms. The van der Waals surface area contributed by atoms with Gasteiger partial charge in [0.2, 0.25) is 5.91 Å². The van der Waals surface area contributed by atoms with Crippen molar-refractivity contribution in [1.82, 2.24) is 10.6 Å². The van der Waals surface area contributed by atoms with Crippen LogP contribution in [0.15, 0.2) is 29.2 Å². The number of benzene rings is 1. The Morgan fingerprint density at radius 1 is 1.28 bits per heavy atom. The van der Waals surface area contributed by atoms with E-state index in [1.165, 1.54) is 24.8 Å². The maximum Gasteiger partial charge on any atom is 0.220 e. The first-order valence-electron chi connectivity index (χ1n) is 8.38. The van der Waals surface area contributed by atoms with Gasteiger partial charge in [-0.2, -0.15) is 0 Å². The quantitative estimate of drug-likeness (QED) is 0.629. The average molecular weight is 391 g/mol. The summed E-state index contributed by atoms with van der Waals surface area (Å²) in [6.45, 7) is 2.26. The first-order chi connectivity index (χ1) is 11.4. The lowest BCUT2D eigenvalue weighted by molar-refractivity contribution is -0.121. The van der Waals surface area contributed by atoms with E-state index in [9.17, 15) is 13.2 Å². The molecule has 2 N–H and O–H groups in total. The summed E-state index contributed by atoms with van der Waals surface area (Å²) in [6.07, 6.45) is 5.54. The van der Waals surface area contributed by atoms with Gasteiger partial charge < -0.3 is 15.4 Å². The normalized spacial score (nSPS) is 16.9. The summed E-state index contributed by atoms with van der Waals surface area (Å²) < 4.78 is 28.3. The lowest BCUT2D eigenvalue weighted by Crippen LogP contribution is -2.37. The SMILES string of the molecule is CS(=O)(=O)c1ccc(OCCCCC(=O)NCC2CCCN2)cc1.Cl. The van der Waals surface area contributed by atoms with Gasteiger partial charge in [0.05, 0.1) is 11.5 Å². The van der Waals surface area contributed by atoms with Crippen LogP contribution in [0.5, 0.6) is 5.75 Å². The van der Waals surface area contributed by atoms with Gasteiger partial charge in [0.15, 0.2) is 9.84 Å². The van der Waals surface area contributed by atoms with Crippen LogP contribution in [-0.4, -0.2) is 46.3 Å². The van der Waals surface area contributed by atoms with Crippen LogP contribution < -0.4 is 15.4 Å². The number of hydrogen-bond acceptors (Lipinski definition) is 5. The molecule has 0 saturated carbocycles. The van der Waals surface area contributed by atoms with Crippen LogP contribution in [0.25, 0.3) is 0 Å². The molecule has 1 aromatic carbocycles. The maximum atomic E-state index is 11.7. The van der Waals surface area contributed by atoms with Gasteiger partial charge in [-0.3, -0.25) is 4.79 Å². The van der Waals surface area contributed by atoms with Gasteiger partial charge >= 0.3 is 0 Å². The van der Waals surface area contributed by atoms with E-state index in [-0.39, 0.29) is 23.2 Å². The van der Waals surface area contributed by atoms with E-state index in [1.807, 2.05) is 0 Å². The van der Waals surface area contributed by atoms with Crippen LogP contribution in [0.1, 0.15) is 32.1 Å². The molecule has 1 unspecified atom stereocenters. The van der Waals surface area contributed by atoms with Crippen LogP contribution >= 0.6 is 12.4 Å². The zero-order chi connectivity index (χ0) is 17.4. The number of carbonyl (C=O) groups excluding carboxylic acids is 1. The number of halogens is 1. The molecule has 1 aromatic rings. The van der Waals surface area contributed by atoms with E-state index in [0.717, 1.165) is 25.8 Å². The van der Waals surface area contributed by atoms with Crippen molar-refractivity contribution in [3.05, 3.63) is 24.3 Å². The van der Waals surface area contributed by atoms with E-state index >= 15 is 0 Å². The second-order valence-corrected chi connectivity index (χ2v) is 8.16. The summed E-state index contributed by atoms with van der Waals surface area (Å²) in [6, 6.07) is 6.80. The van der Waals surface area contributed by atoms with Crippen LogP contribution in [0.4, 0.5) is 0 Å². The Morgan fingerprint density at radius 2 is 2.00 bits per heavy atom. The molecule has 1 amide bonds. The van der Waals surface area contributed by atoms with Gasteiger partial charge in [0, 0.05) is 25.3 Å². The van der Waals surface area contributed by atoms with Gasteiger partial charge in [-0.25, -0.2) is 8.42 Å². The monoisotopic (exact) mass is 390 g/mol. The summed E-state index contributed by atoms with van der Waals surface area (Å²) >= 11 is 0. The van der Waals surface area contributed by atoms with Crippen LogP contribution in [-0.2, 0) is 14.6 Å². The van der Waals surface area contributed by atoms with E-state index in [4.69, 9.17) is 4.74 Å². The van der Waals surface area contributed by atoms with Crippen molar-refractivity contribution in [3.63, 3.8) is 0 Å². The molecule has 1 aliphatic rings. The fourth-order valence-corrected chi connectivity index (χ4v) is 3.25. The van der Waals surface area contributed by atoms with Crippen molar-refractivity contribution in [1.29, 1.82) is 0 Å². The molecule has 25 heavy (non-hydrogen) atoms. The number of amides is 1. The van der Waals surface area contributed by atoms with Gasteiger partial charge in [-0.1, -0.05) is 0 Å². The minimum Gasteiger partial charge on any atom is -0.494 e. The number of carbonyl (C=O) groups is 1. The zero-order valence-corrected chi connectivity index (χ0v) is 16.1. The summed E-state index contributed by atoms with van der Waals surface area (Å²) in [4.78, 5) is 12.0. The van der Waals surface area contributed by atoms with Crippen molar-refractivity contribution in [2.24, 2.45) is 0 Å². The lowest BCUT2D eigenvalue weighted by atomic mass is 10.2. The Bertz CT molecular complexity index is 629. The van der Waals surface area contributed by atoms with Crippen LogP contribution in [0, 0.1) is 0 Å². The number of ether oxygens (including phenoxy) is 1. The molecular formula is C17H27ClN2O4S. The number of unbranched alkanes of at least 4 members (excludes halogenated alkanes) is 1. The number of nitrogens with one attached hydrogen (secondary N) is 2. The van der Waals surface area contributed by atoms with Crippen LogP contribution in [0.2, 0.25) is 0 Å². The molecule has 2 rings (SSSR count). The van der Waals surface area contributed by atoms with Gasteiger partial charge in [-0.05, 0) is 56.5 Å². The number of hydrogen-bond donors (Lipinski definition) is 2. The zero-order valence-electron chi connectivity index (χ0n) is 14.5. The molecule has 0 aromatic heterocycles. The predicted octanol–water partition coefficient (Wildman–Crippen LogP) is 1.93. The lowest BCUT2D eigenvalue weighted by Gasteiger charge is -2.11. The van der Waals surface area contributed by atoms with E-state index in [2.05, 4.69) is 10.6 Å². The van der Waals surface area contributed by atoms with Crippen LogP contribution in [0.3, 0.4) is 0 Å². The third kappa shape index (κ3) is 8.07. The third-order valence-corrected chi connectivity index (χ3v) is 5.16. The van der Waals surface area contributed by atoms with E-state index < -0.39 is 9.84 Å². The second-order valence-electron chi connectivity index (χ2n) is 6.15. The summed E-state index contributed by atoms with van der Waals surface area (Å²) in [5.74, 6) is 0.723. The molecular weight excluding hydrogens is 364 g/mol. The Hall–Kier alpha value is -1.31. The fraction of sp³-hybridized carbons (Fsp3) is 0.588. The molecule has 0 bridgehead atoms. The Kier molecular flexibility index (Phi) is 9.24. The average Bonchev–Trinajstić information content (AvgIpc) is 3.05. The van der Waals surface area contributed by atoms with E-state index in [0.29, 0.717) is 31.4 Å². The second kappa shape index (κ2) is 10.6. The highest BCUT2D eigenvalue weighted by Gasteiger charge is 2.14. The van der Waals surface area contributed by atoms with Gasteiger partial charge in [0.25, 0.3) is 0 Å². The molecule has 0 aliphatic carbocycles. The predicted molar refractivity (Wildman–Crippen MR) is 100 cm³/mol. The molecule has 142 valence electrons. The third-order valence-electron chi connectivity index (χ3n) is 4.03. The fourth-order valence-electron chi connectivity index (χ4n) is 2.62. The standard InChI is InChI=1S/C17H26N2O4S.ClH/c1-24(21,22)16-9-7-15(8-10-16)23-12-3-2-6-17(20)19-13-14-5-4-11-18-14;/h7-10,14,18H,2-6,11-13H2,1H3,(H,19,20);1H. The molecule has 1 heterocycles. The highest BCUT2D eigenvalue weighted by atomic mass is 35.5. The van der Waals surface area contributed by atoms with Crippen molar-refractivity contribution < 1.29 is 17.9 Å². The summed E-state index contributed by atoms with van der Waals surface area (Å²) in [5, 5.41) is 6.30. The topological polar surface area (TPSA) is 84.5 Å². The van der Waals surface area contributed by atoms with Gasteiger partial charge in [0.1, 0.15) is 5.75 Å². The molecule has 8 heteroatoms. The highest BCUT2D eigenvalue weighted by molar-refractivity contribution is 7.90. The molecule has 0 radical (unpaired) electrons. The molecule has 1 fully saturated rings. The van der Waals surface area contributed by atoms with Crippen molar-refractivity contribution in [2.75, 3.05) is 26.0 Å². The Morgan fingerprint density at radius 3 is 2.60 bits per heavy atom. The van der Waals surface area contributed by atoms with E-state index in [1.54, 1.807) is 12.1 Å². The maximum absolute atomic E-state index is 11.7. The highest BCUT2D eigenvalue weighted by Crippen LogP contribution is 2.16.